The van der Waals surface area contributed by atoms with Gasteiger partial charge in [0, 0.05) is 6.54 Å². The maximum absolute atomic E-state index is 13.5. The summed E-state index contributed by atoms with van der Waals surface area (Å²) in [7, 11) is -3.58. The lowest BCUT2D eigenvalue weighted by molar-refractivity contribution is 0.395. The van der Waals surface area contributed by atoms with Crippen molar-refractivity contribution in [2.75, 3.05) is 6.54 Å². The second-order valence-corrected chi connectivity index (χ2v) is 8.44. The van der Waals surface area contributed by atoms with Gasteiger partial charge in [-0.2, -0.15) is 4.31 Å². The van der Waals surface area contributed by atoms with Crippen LogP contribution in [0, 0.1) is 5.82 Å². The van der Waals surface area contributed by atoms with Crippen LogP contribution in [0.15, 0.2) is 53.4 Å². The van der Waals surface area contributed by atoms with Gasteiger partial charge in [-0.3, -0.25) is 0 Å². The van der Waals surface area contributed by atoms with Gasteiger partial charge in [-0.05, 0) is 54.2 Å². The number of hydrogen-bond donors (Lipinski definition) is 0. The molecule has 1 atom stereocenters. The molecule has 2 aromatic carbocycles. The van der Waals surface area contributed by atoms with E-state index in [9.17, 15) is 12.8 Å². The van der Waals surface area contributed by atoms with Gasteiger partial charge in [0.15, 0.2) is 0 Å². The average Bonchev–Trinajstić information content (AvgIpc) is 3.05. The van der Waals surface area contributed by atoms with Crippen molar-refractivity contribution in [3.05, 3.63) is 65.5 Å². The highest BCUT2D eigenvalue weighted by Gasteiger charge is 2.36. The van der Waals surface area contributed by atoms with E-state index in [-0.39, 0.29) is 11.9 Å². The minimum Gasteiger partial charge on any atom is -0.207 e. The van der Waals surface area contributed by atoms with Crippen LogP contribution in [0.2, 0.25) is 0 Å². The quantitative estimate of drug-likeness (QED) is 0.818. The van der Waals surface area contributed by atoms with Gasteiger partial charge in [0.05, 0.1) is 10.9 Å². The van der Waals surface area contributed by atoms with Gasteiger partial charge in [0.25, 0.3) is 0 Å². The smallest absolute Gasteiger partial charge is 0.207 e. The van der Waals surface area contributed by atoms with Gasteiger partial charge in [-0.15, -0.1) is 0 Å². The third-order valence-electron chi connectivity index (χ3n) is 4.59. The van der Waals surface area contributed by atoms with E-state index in [0.29, 0.717) is 23.8 Å². The lowest BCUT2D eigenvalue weighted by Gasteiger charge is -2.24. The van der Waals surface area contributed by atoms with Crippen LogP contribution in [0.1, 0.15) is 49.8 Å². The Hall–Kier alpha value is -1.72. The number of sulfonamides is 1. The van der Waals surface area contributed by atoms with Crippen molar-refractivity contribution in [2.24, 2.45) is 0 Å². The van der Waals surface area contributed by atoms with E-state index in [2.05, 4.69) is 13.8 Å². The van der Waals surface area contributed by atoms with Gasteiger partial charge in [0.2, 0.25) is 10.0 Å². The van der Waals surface area contributed by atoms with Crippen LogP contribution in [0.4, 0.5) is 4.39 Å². The van der Waals surface area contributed by atoms with Gasteiger partial charge in [-0.25, -0.2) is 12.8 Å². The Morgan fingerprint density at radius 3 is 2.46 bits per heavy atom. The van der Waals surface area contributed by atoms with Crippen molar-refractivity contribution in [1.29, 1.82) is 0 Å². The molecule has 0 unspecified atom stereocenters. The predicted molar refractivity (Wildman–Crippen MR) is 92.8 cm³/mol. The summed E-state index contributed by atoms with van der Waals surface area (Å²) in [6, 6.07) is 13.0. The number of hydrogen-bond acceptors (Lipinski definition) is 2. The summed E-state index contributed by atoms with van der Waals surface area (Å²) in [5, 5.41) is 0. The minimum atomic E-state index is -3.58. The van der Waals surface area contributed by atoms with Gasteiger partial charge in [0.1, 0.15) is 5.82 Å². The zero-order valence-corrected chi connectivity index (χ0v) is 14.8. The van der Waals surface area contributed by atoms with E-state index < -0.39 is 10.0 Å². The Morgan fingerprint density at radius 2 is 1.83 bits per heavy atom. The Morgan fingerprint density at radius 1 is 1.12 bits per heavy atom. The fourth-order valence-corrected chi connectivity index (χ4v) is 4.92. The van der Waals surface area contributed by atoms with Crippen LogP contribution in [-0.4, -0.2) is 19.3 Å². The summed E-state index contributed by atoms with van der Waals surface area (Å²) < 4.78 is 41.1. The maximum atomic E-state index is 13.5. The Balaban J connectivity index is 1.93. The van der Waals surface area contributed by atoms with Crippen LogP contribution in [-0.2, 0) is 10.0 Å². The molecule has 0 N–H and O–H groups in total. The summed E-state index contributed by atoms with van der Waals surface area (Å²) in [6.07, 6.45) is 1.50. The summed E-state index contributed by atoms with van der Waals surface area (Å²) in [4.78, 5) is 0.301. The van der Waals surface area contributed by atoms with Crippen LogP contribution in [0.25, 0.3) is 0 Å². The van der Waals surface area contributed by atoms with Crippen LogP contribution >= 0.6 is 0 Å². The fraction of sp³-hybridized carbons (Fsp3) is 0.368. The number of rotatable bonds is 4. The molecule has 3 nitrogen and oxygen atoms in total. The predicted octanol–water partition coefficient (Wildman–Crippen LogP) is 4.47. The highest BCUT2D eigenvalue weighted by molar-refractivity contribution is 7.89. The van der Waals surface area contributed by atoms with Gasteiger partial charge in [-0.1, -0.05) is 38.1 Å². The summed E-state index contributed by atoms with van der Waals surface area (Å²) in [6.45, 7) is 4.61. The van der Waals surface area contributed by atoms with E-state index >= 15 is 0 Å². The van der Waals surface area contributed by atoms with E-state index in [1.54, 1.807) is 24.3 Å². The molecule has 0 bridgehead atoms. The van der Waals surface area contributed by atoms with Crippen LogP contribution in [0.5, 0.6) is 0 Å². The van der Waals surface area contributed by atoms with Gasteiger partial charge >= 0.3 is 0 Å². The van der Waals surface area contributed by atoms with Gasteiger partial charge < -0.3 is 0 Å². The second kappa shape index (κ2) is 6.65. The van der Waals surface area contributed by atoms with E-state index in [4.69, 9.17) is 0 Å². The average molecular weight is 347 g/mol. The molecular weight excluding hydrogens is 325 g/mol. The zero-order chi connectivity index (χ0) is 17.3. The monoisotopic (exact) mass is 347 g/mol. The maximum Gasteiger partial charge on any atom is 0.243 e. The molecule has 1 aliphatic heterocycles. The first-order chi connectivity index (χ1) is 11.4. The summed E-state index contributed by atoms with van der Waals surface area (Å²) in [5.74, 6) is 0.0200. The minimum absolute atomic E-state index is 0.296. The molecule has 0 amide bonds. The van der Waals surface area contributed by atoms with E-state index in [1.807, 2.05) is 12.1 Å². The number of nitrogens with zero attached hydrogens (tertiary/aromatic N) is 1. The first kappa shape index (κ1) is 17.1. The zero-order valence-electron chi connectivity index (χ0n) is 13.9. The fourth-order valence-electron chi connectivity index (χ4n) is 3.23. The highest BCUT2D eigenvalue weighted by atomic mass is 32.2. The molecule has 1 saturated heterocycles. The Bertz CT molecular complexity index is 816. The molecule has 0 aliphatic carbocycles. The van der Waals surface area contributed by atoms with Crippen molar-refractivity contribution in [3.63, 3.8) is 0 Å². The summed E-state index contributed by atoms with van der Waals surface area (Å²) in [5.41, 5.74) is 1.83. The molecule has 128 valence electrons. The molecule has 0 saturated carbocycles. The Labute approximate surface area is 143 Å². The van der Waals surface area contributed by atoms with Crippen molar-refractivity contribution in [1.82, 2.24) is 4.31 Å². The molecule has 0 radical (unpaired) electrons. The first-order valence-electron chi connectivity index (χ1n) is 8.27. The third-order valence-corrected chi connectivity index (χ3v) is 6.51. The molecule has 0 aromatic heterocycles. The highest BCUT2D eigenvalue weighted by Crippen LogP contribution is 2.36. The van der Waals surface area contributed by atoms with E-state index in [1.165, 1.54) is 16.4 Å². The molecule has 5 heteroatoms. The van der Waals surface area contributed by atoms with Crippen molar-refractivity contribution in [3.8, 4) is 0 Å². The van der Waals surface area contributed by atoms with Crippen LogP contribution < -0.4 is 0 Å². The molecule has 24 heavy (non-hydrogen) atoms. The molecule has 0 spiro atoms. The molecule has 1 heterocycles. The molecule has 1 fully saturated rings. The summed E-state index contributed by atoms with van der Waals surface area (Å²) >= 11 is 0. The lowest BCUT2D eigenvalue weighted by Crippen LogP contribution is -2.30. The normalized spacial score (nSPS) is 19.1. The molecular formula is C19H22FNO2S. The van der Waals surface area contributed by atoms with Crippen molar-refractivity contribution in [2.45, 2.75) is 43.5 Å². The lowest BCUT2D eigenvalue weighted by atomic mass is 10.0. The largest absolute Gasteiger partial charge is 0.243 e. The SMILES string of the molecule is CC(C)c1ccc(S(=O)(=O)N2CCC[C@@H]2c2cccc(F)c2)cc1. The third kappa shape index (κ3) is 3.23. The van der Waals surface area contributed by atoms with Crippen molar-refractivity contribution >= 4 is 10.0 Å². The van der Waals surface area contributed by atoms with Crippen LogP contribution in [0.3, 0.4) is 0 Å². The number of benzene rings is 2. The molecule has 1 aliphatic rings. The molecule has 3 rings (SSSR count). The topological polar surface area (TPSA) is 37.4 Å². The second-order valence-electron chi connectivity index (χ2n) is 6.55. The first-order valence-corrected chi connectivity index (χ1v) is 9.71. The molecule has 2 aromatic rings. The van der Waals surface area contributed by atoms with Crippen molar-refractivity contribution < 1.29 is 12.8 Å². The van der Waals surface area contributed by atoms with E-state index in [0.717, 1.165) is 17.5 Å². The Kier molecular flexibility index (Phi) is 4.74. The number of halogens is 1. The standard InChI is InChI=1S/C19H22FNO2S/c1-14(2)15-8-10-18(11-9-15)24(22,23)21-12-4-7-19(21)16-5-3-6-17(20)13-16/h3,5-6,8-11,13-14,19H,4,7,12H2,1-2H3/t19-/m1/s1.